The first-order valence-electron chi connectivity index (χ1n) is 7.19. The molecule has 1 unspecified atom stereocenters. The number of hydrogen-bond donors (Lipinski definition) is 3. The minimum absolute atomic E-state index is 0.387. The zero-order valence-electron chi connectivity index (χ0n) is 12.7. The number of H-pyrrole nitrogens is 1. The maximum Gasteiger partial charge on any atom is 0.328 e. The molecule has 0 fully saturated rings. The summed E-state index contributed by atoms with van der Waals surface area (Å²) in [6.45, 7) is 2.30. The minimum Gasteiger partial charge on any atom is -0.467 e. The van der Waals surface area contributed by atoms with Gasteiger partial charge in [0.1, 0.15) is 11.9 Å². The molecule has 2 rings (SSSR count). The lowest BCUT2D eigenvalue weighted by Gasteiger charge is -2.16. The number of fused-ring (bicyclic) bond motifs is 1. The van der Waals surface area contributed by atoms with E-state index in [1.54, 1.807) is 6.92 Å². The monoisotopic (exact) mass is 304 g/mol. The van der Waals surface area contributed by atoms with E-state index in [-0.39, 0.29) is 6.03 Å². The van der Waals surface area contributed by atoms with Crippen molar-refractivity contribution in [1.82, 2.24) is 20.6 Å². The molecule has 3 N–H and O–H groups in total. The van der Waals surface area contributed by atoms with Crippen LogP contribution in [0.5, 0.6) is 0 Å². The van der Waals surface area contributed by atoms with E-state index >= 15 is 0 Å². The molecule has 0 spiro atoms. The van der Waals surface area contributed by atoms with Crippen LogP contribution in [0.15, 0.2) is 24.3 Å². The Kier molecular flexibility index (Phi) is 5.35. The minimum atomic E-state index is -0.704. The van der Waals surface area contributed by atoms with E-state index in [9.17, 15) is 9.59 Å². The lowest BCUT2D eigenvalue weighted by Crippen LogP contribution is -2.46. The molecule has 1 heterocycles. The first-order chi connectivity index (χ1) is 10.6. The Morgan fingerprint density at radius 1 is 1.36 bits per heavy atom. The number of amides is 2. The maximum absolute atomic E-state index is 11.7. The Bertz CT molecular complexity index is 620. The number of aromatic amines is 1. The van der Waals surface area contributed by atoms with Crippen LogP contribution in [0.1, 0.15) is 19.2 Å². The second kappa shape index (κ2) is 7.44. The van der Waals surface area contributed by atoms with Crippen molar-refractivity contribution >= 4 is 23.0 Å². The summed E-state index contributed by atoms with van der Waals surface area (Å²) < 4.78 is 4.73. The number of imidazole rings is 1. The predicted octanol–water partition coefficient (Wildman–Crippen LogP) is 1.36. The molecule has 1 atom stereocenters. The van der Waals surface area contributed by atoms with Gasteiger partial charge in [0.15, 0.2) is 0 Å². The average Bonchev–Trinajstić information content (AvgIpc) is 2.93. The fourth-order valence-corrected chi connectivity index (χ4v) is 2.17. The number of hydrogen-bond acceptors (Lipinski definition) is 4. The van der Waals surface area contributed by atoms with E-state index in [1.165, 1.54) is 7.11 Å². The van der Waals surface area contributed by atoms with E-state index in [0.29, 0.717) is 19.4 Å². The van der Waals surface area contributed by atoms with Gasteiger partial charge < -0.3 is 20.4 Å². The van der Waals surface area contributed by atoms with Crippen LogP contribution in [0.2, 0.25) is 0 Å². The highest BCUT2D eigenvalue weighted by molar-refractivity contribution is 5.83. The van der Waals surface area contributed by atoms with Gasteiger partial charge in [-0.3, -0.25) is 0 Å². The van der Waals surface area contributed by atoms with E-state index in [4.69, 9.17) is 4.74 Å². The van der Waals surface area contributed by atoms with Crippen LogP contribution < -0.4 is 10.6 Å². The standard InChI is InChI=1S/C15H20N4O3/c1-3-16-15(21)19-12(14(20)22-2)8-9-13-17-10-6-4-5-7-11(10)18-13/h4-7,12H,3,8-9H2,1-2H3,(H,17,18)(H2,16,19,21). The van der Waals surface area contributed by atoms with Crippen LogP contribution in [-0.2, 0) is 16.0 Å². The summed E-state index contributed by atoms with van der Waals surface area (Å²) in [5, 5.41) is 5.20. The highest BCUT2D eigenvalue weighted by Gasteiger charge is 2.21. The number of para-hydroxylation sites is 2. The van der Waals surface area contributed by atoms with Crippen LogP contribution in [0.4, 0.5) is 4.79 Å². The largest absolute Gasteiger partial charge is 0.467 e. The van der Waals surface area contributed by atoms with Crippen molar-refractivity contribution < 1.29 is 14.3 Å². The molecular formula is C15H20N4O3. The molecular weight excluding hydrogens is 284 g/mol. The van der Waals surface area contributed by atoms with Crippen molar-refractivity contribution in [2.45, 2.75) is 25.8 Å². The Morgan fingerprint density at radius 3 is 2.82 bits per heavy atom. The quantitative estimate of drug-likeness (QED) is 0.702. The van der Waals surface area contributed by atoms with Gasteiger partial charge in [-0.2, -0.15) is 0 Å². The molecule has 22 heavy (non-hydrogen) atoms. The summed E-state index contributed by atoms with van der Waals surface area (Å²) in [5.41, 5.74) is 1.83. The average molecular weight is 304 g/mol. The summed E-state index contributed by atoms with van der Waals surface area (Å²) in [6.07, 6.45) is 0.935. The molecule has 2 amide bonds. The highest BCUT2D eigenvalue weighted by Crippen LogP contribution is 2.12. The smallest absolute Gasteiger partial charge is 0.328 e. The van der Waals surface area contributed by atoms with Crippen LogP contribution in [0.25, 0.3) is 11.0 Å². The molecule has 7 nitrogen and oxygen atoms in total. The van der Waals surface area contributed by atoms with Gasteiger partial charge in [-0.05, 0) is 25.5 Å². The molecule has 0 saturated heterocycles. The predicted molar refractivity (Wildman–Crippen MR) is 82.4 cm³/mol. The van der Waals surface area contributed by atoms with Gasteiger partial charge in [0.2, 0.25) is 0 Å². The second-order valence-corrected chi connectivity index (χ2v) is 4.82. The second-order valence-electron chi connectivity index (χ2n) is 4.82. The Labute approximate surface area is 128 Å². The van der Waals surface area contributed by atoms with Crippen LogP contribution in [-0.4, -0.2) is 41.7 Å². The van der Waals surface area contributed by atoms with Crippen LogP contribution in [0, 0.1) is 0 Å². The van der Waals surface area contributed by atoms with Crippen molar-refractivity contribution in [2.24, 2.45) is 0 Å². The van der Waals surface area contributed by atoms with Gasteiger partial charge >= 0.3 is 12.0 Å². The molecule has 0 saturated carbocycles. The summed E-state index contributed by atoms with van der Waals surface area (Å²) in [4.78, 5) is 31.0. The topological polar surface area (TPSA) is 96.1 Å². The summed E-state index contributed by atoms with van der Waals surface area (Å²) in [5.74, 6) is 0.301. The summed E-state index contributed by atoms with van der Waals surface area (Å²) in [7, 11) is 1.30. The number of nitrogens with one attached hydrogen (secondary N) is 3. The fourth-order valence-electron chi connectivity index (χ4n) is 2.17. The third-order valence-corrected chi connectivity index (χ3v) is 3.24. The van der Waals surface area contributed by atoms with Crippen LogP contribution in [0.3, 0.4) is 0 Å². The zero-order valence-corrected chi connectivity index (χ0v) is 12.7. The van der Waals surface area contributed by atoms with E-state index < -0.39 is 12.0 Å². The number of nitrogens with zero attached hydrogens (tertiary/aromatic N) is 1. The van der Waals surface area contributed by atoms with Gasteiger partial charge in [0.25, 0.3) is 0 Å². The number of benzene rings is 1. The Balaban J connectivity index is 2.00. The first-order valence-corrected chi connectivity index (χ1v) is 7.19. The number of rotatable bonds is 6. The summed E-state index contributed by atoms with van der Waals surface area (Å²) >= 11 is 0. The first kappa shape index (κ1) is 15.8. The third kappa shape index (κ3) is 3.97. The van der Waals surface area contributed by atoms with Gasteiger partial charge in [-0.25, -0.2) is 14.6 Å². The summed E-state index contributed by atoms with van der Waals surface area (Å²) in [6, 6.07) is 6.61. The molecule has 118 valence electrons. The molecule has 0 radical (unpaired) electrons. The molecule has 1 aromatic heterocycles. The molecule has 0 aliphatic heterocycles. The van der Waals surface area contributed by atoms with Crippen molar-refractivity contribution in [3.8, 4) is 0 Å². The fraction of sp³-hybridized carbons (Fsp3) is 0.400. The Morgan fingerprint density at radius 2 is 2.14 bits per heavy atom. The van der Waals surface area contributed by atoms with Crippen molar-refractivity contribution in [2.75, 3.05) is 13.7 Å². The zero-order chi connectivity index (χ0) is 15.9. The molecule has 7 heteroatoms. The maximum atomic E-state index is 11.7. The third-order valence-electron chi connectivity index (χ3n) is 3.24. The molecule has 0 bridgehead atoms. The van der Waals surface area contributed by atoms with Crippen LogP contribution >= 0.6 is 0 Å². The number of aryl methyl sites for hydroxylation is 1. The molecule has 1 aromatic carbocycles. The highest BCUT2D eigenvalue weighted by atomic mass is 16.5. The van der Waals surface area contributed by atoms with E-state index in [1.807, 2.05) is 24.3 Å². The number of carbonyl (C=O) groups excluding carboxylic acids is 2. The van der Waals surface area contributed by atoms with E-state index in [0.717, 1.165) is 16.9 Å². The van der Waals surface area contributed by atoms with Crippen molar-refractivity contribution in [1.29, 1.82) is 0 Å². The Hall–Kier alpha value is -2.57. The number of aromatic nitrogens is 2. The van der Waals surface area contributed by atoms with Gasteiger partial charge in [0, 0.05) is 13.0 Å². The lowest BCUT2D eigenvalue weighted by atomic mass is 10.1. The molecule has 0 aliphatic rings. The van der Waals surface area contributed by atoms with Gasteiger partial charge in [-0.15, -0.1) is 0 Å². The van der Waals surface area contributed by atoms with E-state index in [2.05, 4.69) is 20.6 Å². The molecule has 0 aliphatic carbocycles. The number of methoxy groups -OCH3 is 1. The SMILES string of the molecule is CCNC(=O)NC(CCc1nc2ccccc2[nH]1)C(=O)OC. The number of ether oxygens (including phenoxy) is 1. The normalized spacial score (nSPS) is 11.9. The number of urea groups is 1. The van der Waals surface area contributed by atoms with Gasteiger partial charge in [-0.1, -0.05) is 12.1 Å². The molecule has 2 aromatic rings. The lowest BCUT2D eigenvalue weighted by molar-refractivity contribution is -0.143. The van der Waals surface area contributed by atoms with Crippen molar-refractivity contribution in [3.05, 3.63) is 30.1 Å². The number of esters is 1. The van der Waals surface area contributed by atoms with Crippen molar-refractivity contribution in [3.63, 3.8) is 0 Å². The number of carbonyl (C=O) groups is 2. The van der Waals surface area contributed by atoms with Gasteiger partial charge in [0.05, 0.1) is 18.1 Å².